The van der Waals surface area contributed by atoms with Crippen LogP contribution in [0, 0.1) is 0 Å². The maximum Gasteiger partial charge on any atom is 2.00 e. The standard InChI is InChI=1S/BH3O3.2BO3.3H3N.3Zn/c3*2-1(3)4;;;;;;/h2-4H;;;3*1H3;;;/q;2*-3;;;;3*+2. The van der Waals surface area contributed by atoms with E-state index in [2.05, 4.69) is 0 Å². The van der Waals surface area contributed by atoms with Gasteiger partial charge in [-0.2, -0.15) is 0 Å². The third-order valence-corrected chi connectivity index (χ3v) is 0. The Bertz CT molecular complexity index is 60.8. The summed E-state index contributed by atoms with van der Waals surface area (Å²) in [6.07, 6.45) is 0. The molecule has 0 aromatic carbocycles. The van der Waals surface area contributed by atoms with Gasteiger partial charge in [-0.05, 0) is 0 Å². The molecule has 0 amide bonds. The van der Waals surface area contributed by atoms with E-state index < -0.39 is 22.0 Å². The van der Waals surface area contributed by atoms with Gasteiger partial charge in [-0.3, -0.25) is 14.6 Å². The first-order valence-electron chi connectivity index (χ1n) is 2.19. The Balaban J connectivity index is -0.00000000827. The Labute approximate surface area is 143 Å². The van der Waals surface area contributed by atoms with Crippen molar-refractivity contribution in [3.8, 4) is 0 Å². The second-order valence-electron chi connectivity index (χ2n) is 0.924. The van der Waals surface area contributed by atoms with Crippen molar-refractivity contribution in [2.24, 2.45) is 0 Å². The molecule has 12 N–H and O–H groups in total. The minimum atomic E-state index is -2.92. The van der Waals surface area contributed by atoms with Crippen molar-refractivity contribution in [2.45, 2.75) is 0 Å². The van der Waals surface area contributed by atoms with Crippen LogP contribution in [0.25, 0.3) is 0 Å². The Morgan fingerprint density at radius 1 is 0.500 bits per heavy atom. The van der Waals surface area contributed by atoms with Crippen molar-refractivity contribution < 1.29 is 104 Å². The molecule has 96 valence electrons. The van der Waals surface area contributed by atoms with Crippen LogP contribution in [0.2, 0.25) is 0 Å². The van der Waals surface area contributed by atoms with Crippen molar-refractivity contribution in [2.75, 3.05) is 0 Å². The van der Waals surface area contributed by atoms with Crippen LogP contribution in [0.4, 0.5) is 0 Å². The Morgan fingerprint density at radius 2 is 0.500 bits per heavy atom. The SMILES string of the molecule is N.N.N.OB(O)O.[O-]B([O-])[O-].[O-]B([O-])[O-].[Zn+2].[Zn+2].[Zn+2]. The maximum absolute atomic E-state index is 8.42. The predicted octanol–water partition coefficient (Wildman–Crippen LogP) is -9.47. The number of hydrogen-bond donors (Lipinski definition) is 6. The van der Waals surface area contributed by atoms with Crippen LogP contribution in [0.3, 0.4) is 0 Å². The molecule has 0 fully saturated rings. The van der Waals surface area contributed by atoms with E-state index in [1.54, 1.807) is 0 Å². The molecule has 0 atom stereocenters. The fourth-order valence-electron chi connectivity index (χ4n) is 0. The van der Waals surface area contributed by atoms with Gasteiger partial charge < -0.3 is 63.7 Å². The van der Waals surface area contributed by atoms with Crippen LogP contribution in [-0.2, 0) is 58.4 Å². The van der Waals surface area contributed by atoms with Crippen LogP contribution < -0.4 is 48.6 Å². The normalized spacial score (nSPS) is 4.50. The first kappa shape index (κ1) is 60.4. The van der Waals surface area contributed by atoms with E-state index in [1.807, 2.05) is 0 Å². The monoisotopic (exact) mass is 423 g/mol. The van der Waals surface area contributed by atoms with Gasteiger partial charge in [0, 0.05) is 0 Å². The molecule has 0 aromatic heterocycles. The van der Waals surface area contributed by atoms with Gasteiger partial charge in [-0.15, -0.1) is 0 Å². The smallest absolute Gasteiger partial charge is 0.907 e. The fraction of sp³-hybridized carbons (Fsp3) is 0. The first-order chi connectivity index (χ1) is 5.20. The van der Waals surface area contributed by atoms with E-state index in [0.29, 0.717) is 0 Å². The van der Waals surface area contributed by atoms with E-state index in [0.717, 1.165) is 0 Å². The quantitative estimate of drug-likeness (QED) is 0.196. The Morgan fingerprint density at radius 3 is 0.500 bits per heavy atom. The largest absolute Gasteiger partial charge is 2.00 e. The summed E-state index contributed by atoms with van der Waals surface area (Å²) >= 11 is 0. The van der Waals surface area contributed by atoms with Crippen LogP contribution in [0.15, 0.2) is 0 Å². The zero-order chi connectivity index (χ0) is 10.7. The molecule has 0 aromatic rings. The van der Waals surface area contributed by atoms with Crippen molar-refractivity contribution in [3.05, 3.63) is 0 Å². The molecule has 0 heterocycles. The van der Waals surface area contributed by atoms with Gasteiger partial charge in [-0.25, -0.2) is 0 Å². The minimum Gasteiger partial charge on any atom is -0.907 e. The van der Waals surface area contributed by atoms with E-state index in [4.69, 9.17) is 45.2 Å². The summed E-state index contributed by atoms with van der Waals surface area (Å²) in [4.78, 5) is 0. The van der Waals surface area contributed by atoms with Gasteiger partial charge in [0.1, 0.15) is 0 Å². The topological polar surface area (TPSA) is 304 Å². The molecule has 12 nitrogen and oxygen atoms in total. The van der Waals surface area contributed by atoms with Crippen molar-refractivity contribution in [1.82, 2.24) is 18.5 Å². The molecule has 0 aliphatic carbocycles. The second kappa shape index (κ2) is 51.3. The van der Waals surface area contributed by atoms with Gasteiger partial charge in [-0.1, -0.05) is 0 Å². The molecule has 18 heteroatoms. The van der Waals surface area contributed by atoms with Gasteiger partial charge in [0.25, 0.3) is 0 Å². The zero-order valence-electron chi connectivity index (χ0n) is 9.77. The molecule has 0 saturated carbocycles. The molecule has 0 aliphatic rings. The molecule has 0 rings (SSSR count). The van der Waals surface area contributed by atoms with E-state index in [-0.39, 0.29) is 76.9 Å². The summed E-state index contributed by atoms with van der Waals surface area (Å²) in [6.45, 7) is 0. The molecule has 0 spiro atoms. The molecule has 18 heavy (non-hydrogen) atoms. The first-order valence-corrected chi connectivity index (χ1v) is 2.19. The average molecular weight is 427 g/mol. The minimum absolute atomic E-state index is 0. The van der Waals surface area contributed by atoms with E-state index in [1.165, 1.54) is 0 Å². The third-order valence-electron chi connectivity index (χ3n) is 0. The molecule has 0 aliphatic heterocycles. The van der Waals surface area contributed by atoms with E-state index in [9.17, 15) is 0 Å². The predicted molar refractivity (Wildman–Crippen MR) is 39.0 cm³/mol. The van der Waals surface area contributed by atoms with Crippen LogP contribution in [-0.4, -0.2) is 37.0 Å². The summed E-state index contributed by atoms with van der Waals surface area (Å²) in [5.41, 5.74) is 0. The summed E-state index contributed by atoms with van der Waals surface area (Å²) in [5.74, 6) is 0. The zero-order valence-corrected chi connectivity index (χ0v) is 18.7. The van der Waals surface area contributed by atoms with Gasteiger partial charge in [0.15, 0.2) is 0 Å². The van der Waals surface area contributed by atoms with E-state index >= 15 is 0 Å². The fourth-order valence-corrected chi connectivity index (χ4v) is 0. The molecule has 0 bridgehead atoms. The van der Waals surface area contributed by atoms with Crippen LogP contribution >= 0.6 is 0 Å². The average Bonchev–Trinajstić information content (AvgIpc) is 1.54. The third kappa shape index (κ3) is 1930. The molecule has 0 radical (unpaired) electrons. The Hall–Kier alpha value is 1.58. The van der Waals surface area contributed by atoms with Crippen LogP contribution in [0.1, 0.15) is 0 Å². The van der Waals surface area contributed by atoms with Crippen molar-refractivity contribution in [1.29, 1.82) is 0 Å². The molecular weight excluding hydrogens is 415 g/mol. The maximum atomic E-state index is 8.42. The Kier molecular flexibility index (Phi) is 172. The van der Waals surface area contributed by atoms with Gasteiger partial charge >= 0.3 is 65.8 Å². The van der Waals surface area contributed by atoms with Gasteiger partial charge in [0.05, 0.1) is 0 Å². The van der Waals surface area contributed by atoms with Crippen molar-refractivity contribution >= 4 is 22.0 Å². The molecular formula is H12B3N3O9Zn3. The summed E-state index contributed by atoms with van der Waals surface area (Å²) < 4.78 is 0. The van der Waals surface area contributed by atoms with Crippen LogP contribution in [0.5, 0.6) is 0 Å². The summed E-state index contributed by atoms with van der Waals surface area (Å²) in [5, 5.41) is 72.0. The van der Waals surface area contributed by atoms with Crippen molar-refractivity contribution in [3.63, 3.8) is 0 Å². The number of rotatable bonds is 0. The second-order valence-corrected chi connectivity index (χ2v) is 0.924. The molecule has 0 saturated heterocycles. The number of hydrogen-bond acceptors (Lipinski definition) is 12. The van der Waals surface area contributed by atoms with Gasteiger partial charge in [0.2, 0.25) is 0 Å². The summed E-state index contributed by atoms with van der Waals surface area (Å²) in [6, 6.07) is 0. The molecule has 0 unspecified atom stereocenters. The summed E-state index contributed by atoms with van der Waals surface area (Å²) in [7, 11) is -8.00.